The van der Waals surface area contributed by atoms with Crippen LogP contribution < -0.4 is 11.1 Å². The molecule has 2 unspecified atom stereocenters. The number of hydrogen-bond donors (Lipinski definition) is 2. The van der Waals surface area contributed by atoms with Crippen LogP contribution in [0.5, 0.6) is 0 Å². The maximum absolute atomic E-state index is 11.7. The van der Waals surface area contributed by atoms with Crippen molar-refractivity contribution in [2.75, 3.05) is 0 Å². The lowest BCUT2D eigenvalue weighted by molar-refractivity contribution is -0.123. The number of rotatable bonds is 5. The standard InChI is InChI=1S/C12H22N2O/c1-2-4-9-7-10(9)14-11(15)8-12(13)5-3-6-12/h9-10H,2-8,13H2,1H3,(H,14,15). The van der Waals surface area contributed by atoms with Crippen LogP contribution in [0.1, 0.15) is 51.9 Å². The Hall–Kier alpha value is -0.570. The number of amides is 1. The zero-order valence-corrected chi connectivity index (χ0v) is 9.59. The first-order chi connectivity index (χ1) is 7.13. The molecule has 0 aromatic rings. The highest BCUT2D eigenvalue weighted by Crippen LogP contribution is 2.36. The second-order valence-corrected chi connectivity index (χ2v) is 5.35. The Bertz CT molecular complexity index is 248. The molecular formula is C12H22N2O. The Morgan fingerprint density at radius 3 is 2.80 bits per heavy atom. The highest BCUT2D eigenvalue weighted by atomic mass is 16.1. The van der Waals surface area contributed by atoms with Gasteiger partial charge in [0.1, 0.15) is 0 Å². The Labute approximate surface area is 91.8 Å². The molecule has 2 aliphatic carbocycles. The topological polar surface area (TPSA) is 55.1 Å². The molecule has 0 aromatic carbocycles. The molecule has 0 spiro atoms. The minimum absolute atomic E-state index is 0.167. The van der Waals surface area contributed by atoms with Gasteiger partial charge in [-0.1, -0.05) is 13.3 Å². The van der Waals surface area contributed by atoms with Gasteiger partial charge in [-0.3, -0.25) is 4.79 Å². The second kappa shape index (κ2) is 4.12. The molecule has 0 heterocycles. The molecule has 0 saturated heterocycles. The lowest BCUT2D eigenvalue weighted by Crippen LogP contribution is -2.50. The lowest BCUT2D eigenvalue weighted by atomic mass is 9.75. The van der Waals surface area contributed by atoms with Gasteiger partial charge in [0.25, 0.3) is 0 Å². The zero-order chi connectivity index (χ0) is 10.9. The van der Waals surface area contributed by atoms with Gasteiger partial charge in [0, 0.05) is 18.0 Å². The van der Waals surface area contributed by atoms with Crippen LogP contribution in [0.2, 0.25) is 0 Å². The van der Waals surface area contributed by atoms with Gasteiger partial charge in [0.2, 0.25) is 5.91 Å². The molecule has 2 atom stereocenters. The van der Waals surface area contributed by atoms with Crippen LogP contribution in [0, 0.1) is 5.92 Å². The SMILES string of the molecule is CCCC1CC1NC(=O)CC1(N)CCC1. The van der Waals surface area contributed by atoms with Crippen molar-refractivity contribution < 1.29 is 4.79 Å². The van der Waals surface area contributed by atoms with E-state index in [0.717, 1.165) is 18.8 Å². The average Bonchev–Trinajstić information content (AvgIpc) is 2.81. The summed E-state index contributed by atoms with van der Waals surface area (Å²) < 4.78 is 0. The molecule has 2 fully saturated rings. The number of nitrogens with one attached hydrogen (secondary N) is 1. The van der Waals surface area contributed by atoms with Crippen LogP contribution in [0.25, 0.3) is 0 Å². The molecule has 2 aliphatic rings. The third-order valence-electron chi connectivity index (χ3n) is 3.79. The molecule has 3 N–H and O–H groups in total. The first kappa shape index (κ1) is 10.9. The predicted molar refractivity (Wildman–Crippen MR) is 60.3 cm³/mol. The normalized spacial score (nSPS) is 31.9. The van der Waals surface area contributed by atoms with Gasteiger partial charge in [-0.15, -0.1) is 0 Å². The smallest absolute Gasteiger partial charge is 0.222 e. The summed E-state index contributed by atoms with van der Waals surface area (Å²) in [5, 5.41) is 3.09. The largest absolute Gasteiger partial charge is 0.353 e. The second-order valence-electron chi connectivity index (χ2n) is 5.35. The fourth-order valence-corrected chi connectivity index (χ4v) is 2.50. The van der Waals surface area contributed by atoms with Crippen molar-refractivity contribution in [2.24, 2.45) is 11.7 Å². The molecule has 3 heteroatoms. The molecule has 0 radical (unpaired) electrons. The first-order valence-electron chi connectivity index (χ1n) is 6.21. The molecule has 2 rings (SSSR count). The third kappa shape index (κ3) is 2.71. The molecule has 0 aromatic heterocycles. The molecule has 15 heavy (non-hydrogen) atoms. The minimum atomic E-state index is -0.167. The van der Waals surface area contributed by atoms with Crippen molar-refractivity contribution in [1.29, 1.82) is 0 Å². The molecule has 1 amide bonds. The first-order valence-corrected chi connectivity index (χ1v) is 6.21. The Morgan fingerprint density at radius 1 is 1.53 bits per heavy atom. The van der Waals surface area contributed by atoms with E-state index in [4.69, 9.17) is 5.73 Å². The quantitative estimate of drug-likeness (QED) is 0.723. The number of carbonyl (C=O) groups excluding carboxylic acids is 1. The van der Waals surface area contributed by atoms with Crippen LogP contribution in [-0.2, 0) is 4.79 Å². The number of nitrogens with two attached hydrogens (primary N) is 1. The highest BCUT2D eigenvalue weighted by molar-refractivity contribution is 5.78. The maximum atomic E-state index is 11.7. The van der Waals surface area contributed by atoms with E-state index in [1.165, 1.54) is 25.7 Å². The van der Waals surface area contributed by atoms with Gasteiger partial charge >= 0.3 is 0 Å². The van der Waals surface area contributed by atoms with Crippen LogP contribution in [-0.4, -0.2) is 17.5 Å². The molecule has 86 valence electrons. The van der Waals surface area contributed by atoms with Crippen molar-refractivity contribution in [3.8, 4) is 0 Å². The van der Waals surface area contributed by atoms with Crippen LogP contribution in [0.4, 0.5) is 0 Å². The number of carbonyl (C=O) groups is 1. The van der Waals surface area contributed by atoms with E-state index in [1.807, 2.05) is 0 Å². The van der Waals surface area contributed by atoms with E-state index in [1.54, 1.807) is 0 Å². The average molecular weight is 210 g/mol. The summed E-state index contributed by atoms with van der Waals surface area (Å²) in [6.45, 7) is 2.19. The number of hydrogen-bond acceptors (Lipinski definition) is 2. The summed E-state index contributed by atoms with van der Waals surface area (Å²) in [6, 6.07) is 0.459. The van der Waals surface area contributed by atoms with E-state index < -0.39 is 0 Å². The minimum Gasteiger partial charge on any atom is -0.353 e. The van der Waals surface area contributed by atoms with Crippen LogP contribution in [0.3, 0.4) is 0 Å². The van der Waals surface area contributed by atoms with Gasteiger partial charge in [0.05, 0.1) is 0 Å². The molecule has 2 saturated carbocycles. The van der Waals surface area contributed by atoms with Crippen LogP contribution in [0.15, 0.2) is 0 Å². The van der Waals surface area contributed by atoms with Crippen molar-refractivity contribution in [3.63, 3.8) is 0 Å². The van der Waals surface area contributed by atoms with Gasteiger partial charge in [-0.05, 0) is 38.0 Å². The van der Waals surface area contributed by atoms with E-state index in [9.17, 15) is 4.79 Å². The monoisotopic (exact) mass is 210 g/mol. The lowest BCUT2D eigenvalue weighted by Gasteiger charge is -2.37. The van der Waals surface area contributed by atoms with Gasteiger partial charge < -0.3 is 11.1 Å². The van der Waals surface area contributed by atoms with Crippen molar-refractivity contribution in [2.45, 2.75) is 63.5 Å². The Kier molecular flexibility index (Phi) is 3.01. The predicted octanol–water partition coefficient (Wildman–Crippen LogP) is 1.56. The summed E-state index contributed by atoms with van der Waals surface area (Å²) in [5.74, 6) is 0.912. The summed E-state index contributed by atoms with van der Waals surface area (Å²) in [5.41, 5.74) is 5.86. The highest BCUT2D eigenvalue weighted by Gasteiger charge is 2.39. The fraction of sp³-hybridized carbons (Fsp3) is 0.917. The summed E-state index contributed by atoms with van der Waals surface area (Å²) in [4.78, 5) is 11.7. The molecule has 0 bridgehead atoms. The summed E-state index contributed by atoms with van der Waals surface area (Å²) >= 11 is 0. The summed E-state index contributed by atoms with van der Waals surface area (Å²) in [7, 11) is 0. The third-order valence-corrected chi connectivity index (χ3v) is 3.79. The summed E-state index contributed by atoms with van der Waals surface area (Å²) in [6.07, 6.45) is 7.40. The zero-order valence-electron chi connectivity index (χ0n) is 9.59. The van der Waals surface area contributed by atoms with E-state index >= 15 is 0 Å². The van der Waals surface area contributed by atoms with Gasteiger partial charge in [-0.2, -0.15) is 0 Å². The van der Waals surface area contributed by atoms with E-state index in [-0.39, 0.29) is 11.4 Å². The fourth-order valence-electron chi connectivity index (χ4n) is 2.50. The van der Waals surface area contributed by atoms with Crippen molar-refractivity contribution in [1.82, 2.24) is 5.32 Å². The Morgan fingerprint density at radius 2 is 2.27 bits per heavy atom. The molecule has 3 nitrogen and oxygen atoms in total. The Balaban J connectivity index is 1.65. The van der Waals surface area contributed by atoms with Gasteiger partial charge in [-0.25, -0.2) is 0 Å². The van der Waals surface area contributed by atoms with Crippen LogP contribution >= 0.6 is 0 Å². The van der Waals surface area contributed by atoms with Crippen molar-refractivity contribution >= 4 is 5.91 Å². The van der Waals surface area contributed by atoms with Gasteiger partial charge in [0.15, 0.2) is 0 Å². The van der Waals surface area contributed by atoms with E-state index in [2.05, 4.69) is 12.2 Å². The molecular weight excluding hydrogens is 188 g/mol. The van der Waals surface area contributed by atoms with E-state index in [0.29, 0.717) is 12.5 Å². The maximum Gasteiger partial charge on any atom is 0.222 e. The van der Waals surface area contributed by atoms with Crippen molar-refractivity contribution in [3.05, 3.63) is 0 Å². The molecule has 0 aliphatic heterocycles.